The van der Waals surface area contributed by atoms with Crippen molar-refractivity contribution < 1.29 is 18.7 Å². The monoisotopic (exact) mass is 457 g/mol. The zero-order valence-corrected chi connectivity index (χ0v) is 18.7. The first-order chi connectivity index (χ1) is 16.6. The lowest BCUT2D eigenvalue weighted by Crippen LogP contribution is -2.50. The molecular formula is C27H24FN3O3. The van der Waals surface area contributed by atoms with Crippen LogP contribution < -0.4 is 4.90 Å². The van der Waals surface area contributed by atoms with Crippen LogP contribution >= 0.6 is 0 Å². The number of carbonyl (C=O) groups is 2. The van der Waals surface area contributed by atoms with Crippen molar-refractivity contribution in [2.45, 2.75) is 19.4 Å². The molecule has 6 nitrogen and oxygen atoms in total. The van der Waals surface area contributed by atoms with Crippen molar-refractivity contribution in [1.82, 2.24) is 9.55 Å². The second kappa shape index (κ2) is 9.09. The fourth-order valence-corrected chi connectivity index (χ4v) is 4.64. The molecule has 0 spiro atoms. The molecule has 2 atom stereocenters. The number of anilines is 1. The number of nitrogens with zero attached hydrogens (tertiary/aromatic N) is 3. The van der Waals surface area contributed by atoms with Crippen molar-refractivity contribution in [3.63, 3.8) is 0 Å². The maximum Gasteiger partial charge on any atom is 0.321 e. The molecule has 0 bridgehead atoms. The minimum atomic E-state index is -1.16. The van der Waals surface area contributed by atoms with Crippen LogP contribution in [0.3, 0.4) is 0 Å². The Kier molecular flexibility index (Phi) is 5.84. The fraction of sp³-hybridized carbons (Fsp3) is 0.222. The molecule has 0 saturated heterocycles. The number of hydrogen-bond acceptors (Lipinski definition) is 4. The summed E-state index contributed by atoms with van der Waals surface area (Å²) in [4.78, 5) is 33.3. The van der Waals surface area contributed by atoms with Gasteiger partial charge in [-0.05, 0) is 48.7 Å². The molecule has 0 N–H and O–H groups in total. The van der Waals surface area contributed by atoms with Gasteiger partial charge in [-0.15, -0.1) is 0 Å². The molecule has 0 unspecified atom stereocenters. The van der Waals surface area contributed by atoms with Crippen LogP contribution in [0, 0.1) is 11.7 Å². The number of imidazole rings is 1. The number of hydrogen-bond donors (Lipinski definition) is 0. The minimum absolute atomic E-state index is 0.139. The van der Waals surface area contributed by atoms with Crippen molar-refractivity contribution in [2.75, 3.05) is 18.1 Å². The van der Waals surface area contributed by atoms with E-state index in [1.54, 1.807) is 24.0 Å². The van der Waals surface area contributed by atoms with Crippen molar-refractivity contribution in [2.24, 2.45) is 5.92 Å². The van der Waals surface area contributed by atoms with Gasteiger partial charge in [-0.25, -0.2) is 9.37 Å². The Morgan fingerprint density at radius 3 is 2.56 bits per heavy atom. The van der Waals surface area contributed by atoms with Crippen LogP contribution in [0.15, 0.2) is 78.9 Å². The van der Waals surface area contributed by atoms with Gasteiger partial charge in [-0.2, -0.15) is 0 Å². The molecule has 5 rings (SSSR count). The highest BCUT2D eigenvalue weighted by atomic mass is 19.1. The van der Waals surface area contributed by atoms with Gasteiger partial charge in [0.2, 0.25) is 11.9 Å². The van der Waals surface area contributed by atoms with E-state index in [-0.39, 0.29) is 6.61 Å². The third-order valence-corrected chi connectivity index (χ3v) is 6.14. The summed E-state index contributed by atoms with van der Waals surface area (Å²) in [7, 11) is 0. The first-order valence-electron chi connectivity index (χ1n) is 11.3. The number of esters is 1. The molecule has 2 heterocycles. The minimum Gasteiger partial charge on any atom is -0.465 e. The average molecular weight is 458 g/mol. The zero-order valence-electron chi connectivity index (χ0n) is 18.7. The summed E-state index contributed by atoms with van der Waals surface area (Å²) in [6.07, 6.45) is 0.593. The summed E-state index contributed by atoms with van der Waals surface area (Å²) in [6.45, 7) is 2.19. The molecule has 172 valence electrons. The average Bonchev–Trinajstić information content (AvgIpc) is 3.22. The van der Waals surface area contributed by atoms with E-state index in [0.29, 0.717) is 30.0 Å². The van der Waals surface area contributed by atoms with Crippen LogP contribution in [0.4, 0.5) is 10.3 Å². The van der Waals surface area contributed by atoms with Gasteiger partial charge in [-0.3, -0.25) is 14.5 Å². The second-order valence-corrected chi connectivity index (χ2v) is 8.23. The van der Waals surface area contributed by atoms with E-state index in [9.17, 15) is 14.0 Å². The number of amides is 1. The Hall–Kier alpha value is -4.00. The summed E-state index contributed by atoms with van der Waals surface area (Å²) in [5.74, 6) is -2.19. The smallest absolute Gasteiger partial charge is 0.321 e. The molecule has 1 aromatic heterocycles. The van der Waals surface area contributed by atoms with E-state index >= 15 is 0 Å². The molecule has 0 aliphatic carbocycles. The Morgan fingerprint density at radius 2 is 1.79 bits per heavy atom. The first kappa shape index (κ1) is 21.8. The number of rotatable bonds is 6. The van der Waals surface area contributed by atoms with Crippen molar-refractivity contribution in [1.29, 1.82) is 0 Å². The topological polar surface area (TPSA) is 64.4 Å². The van der Waals surface area contributed by atoms with E-state index < -0.39 is 29.7 Å². The standard InChI is InChI=1S/C27H24FN3O3/c1-2-34-26(33)23-24(19-11-8-12-20(28)17-19)31-22-14-7-6-13-21(22)29-27(31)30(25(23)32)16-15-18-9-4-3-5-10-18/h3-14,17,23-24H,2,15-16H2,1H3/t23-,24-/m0/s1. The van der Waals surface area contributed by atoms with Crippen molar-refractivity contribution in [3.8, 4) is 0 Å². The summed E-state index contributed by atoms with van der Waals surface area (Å²) >= 11 is 0. The lowest BCUT2D eigenvalue weighted by molar-refractivity contribution is -0.153. The molecule has 34 heavy (non-hydrogen) atoms. The highest BCUT2D eigenvalue weighted by Crippen LogP contribution is 2.41. The summed E-state index contributed by atoms with van der Waals surface area (Å²) < 4.78 is 21.5. The van der Waals surface area contributed by atoms with Crippen molar-refractivity contribution in [3.05, 3.63) is 95.8 Å². The molecule has 3 aromatic carbocycles. The number of fused-ring (bicyclic) bond motifs is 3. The molecule has 7 heteroatoms. The van der Waals surface area contributed by atoms with Gasteiger partial charge in [0, 0.05) is 6.54 Å². The van der Waals surface area contributed by atoms with E-state index in [1.807, 2.05) is 59.2 Å². The van der Waals surface area contributed by atoms with Gasteiger partial charge in [0.1, 0.15) is 5.82 Å². The van der Waals surface area contributed by atoms with Gasteiger partial charge in [0.15, 0.2) is 5.92 Å². The molecule has 1 aliphatic rings. The number of benzene rings is 3. The third-order valence-electron chi connectivity index (χ3n) is 6.14. The molecule has 1 amide bonds. The quantitative estimate of drug-likeness (QED) is 0.315. The third kappa shape index (κ3) is 3.83. The van der Waals surface area contributed by atoms with Crippen LogP contribution in [0.5, 0.6) is 0 Å². The Labute approximate surface area is 196 Å². The molecule has 0 radical (unpaired) electrons. The predicted molar refractivity (Wildman–Crippen MR) is 127 cm³/mol. The summed E-state index contributed by atoms with van der Waals surface area (Å²) in [6, 6.07) is 22.6. The summed E-state index contributed by atoms with van der Waals surface area (Å²) in [5, 5.41) is 0. The van der Waals surface area contributed by atoms with Gasteiger partial charge >= 0.3 is 5.97 Å². The van der Waals surface area contributed by atoms with Crippen LogP contribution in [0.2, 0.25) is 0 Å². The molecular weight excluding hydrogens is 433 g/mol. The maximum absolute atomic E-state index is 14.3. The molecule has 1 aliphatic heterocycles. The van der Waals surface area contributed by atoms with E-state index in [4.69, 9.17) is 9.72 Å². The highest BCUT2D eigenvalue weighted by Gasteiger charge is 2.47. The first-order valence-corrected chi connectivity index (χ1v) is 11.3. The van der Waals surface area contributed by atoms with Crippen LogP contribution in [-0.4, -0.2) is 34.6 Å². The molecule has 0 saturated carbocycles. The molecule has 4 aromatic rings. The van der Waals surface area contributed by atoms with Gasteiger partial charge in [-0.1, -0.05) is 54.6 Å². The Balaban J connectivity index is 1.69. The SMILES string of the molecule is CCOC(=O)[C@@H]1C(=O)N(CCc2ccccc2)c2nc3ccccc3n2[C@H]1c1cccc(F)c1. The fourth-order valence-electron chi connectivity index (χ4n) is 4.64. The zero-order chi connectivity index (χ0) is 23.7. The van der Waals surface area contributed by atoms with Crippen molar-refractivity contribution >= 4 is 28.9 Å². The number of ether oxygens (including phenoxy) is 1. The number of carbonyl (C=O) groups excluding carboxylic acids is 2. The predicted octanol–water partition coefficient (Wildman–Crippen LogP) is 4.53. The Bertz CT molecular complexity index is 1350. The van der Waals surface area contributed by atoms with E-state index in [0.717, 1.165) is 11.1 Å². The van der Waals surface area contributed by atoms with Gasteiger partial charge in [0.25, 0.3) is 0 Å². The van der Waals surface area contributed by atoms with Crippen LogP contribution in [-0.2, 0) is 20.7 Å². The maximum atomic E-state index is 14.3. The summed E-state index contributed by atoms with van der Waals surface area (Å²) in [5.41, 5.74) is 3.04. The van der Waals surface area contributed by atoms with E-state index in [1.165, 1.54) is 12.1 Å². The number of para-hydroxylation sites is 2. The molecule has 0 fully saturated rings. The normalized spacial score (nSPS) is 17.6. The van der Waals surface area contributed by atoms with Gasteiger partial charge in [0.05, 0.1) is 23.7 Å². The number of aromatic nitrogens is 2. The highest BCUT2D eigenvalue weighted by molar-refractivity contribution is 6.08. The van der Waals surface area contributed by atoms with E-state index in [2.05, 4.69) is 0 Å². The lowest BCUT2D eigenvalue weighted by Gasteiger charge is -2.38. The Morgan fingerprint density at radius 1 is 1.03 bits per heavy atom. The van der Waals surface area contributed by atoms with Crippen LogP contribution in [0.25, 0.3) is 11.0 Å². The lowest BCUT2D eigenvalue weighted by atomic mass is 9.89. The number of halogens is 1. The van der Waals surface area contributed by atoms with Crippen LogP contribution in [0.1, 0.15) is 24.1 Å². The van der Waals surface area contributed by atoms with Gasteiger partial charge < -0.3 is 9.30 Å². The second-order valence-electron chi connectivity index (χ2n) is 8.23. The largest absolute Gasteiger partial charge is 0.465 e.